The van der Waals surface area contributed by atoms with Gasteiger partial charge in [0.1, 0.15) is 0 Å². The first-order valence-electron chi connectivity index (χ1n) is 3.00. The lowest BCUT2D eigenvalue weighted by Gasteiger charge is -2.03. The first kappa shape index (κ1) is 12.1. The van der Waals surface area contributed by atoms with Gasteiger partial charge >= 0.3 is 0 Å². The summed E-state index contributed by atoms with van der Waals surface area (Å²) in [6, 6.07) is 3.01. The van der Waals surface area contributed by atoms with Gasteiger partial charge in [-0.25, -0.2) is 18.5 Å². The molecular formula is C5H9ClN4O2S. The zero-order chi connectivity index (χ0) is 9.19. The van der Waals surface area contributed by atoms with Gasteiger partial charge < -0.3 is 5.43 Å². The van der Waals surface area contributed by atoms with Crippen LogP contribution in [0.4, 0.5) is 5.69 Å². The summed E-state index contributed by atoms with van der Waals surface area (Å²) in [5, 5.41) is 4.59. The van der Waals surface area contributed by atoms with Crippen LogP contribution < -0.4 is 16.4 Å². The van der Waals surface area contributed by atoms with Gasteiger partial charge in [-0.1, -0.05) is 0 Å². The first-order chi connectivity index (χ1) is 5.55. The third-order valence-electron chi connectivity index (χ3n) is 1.20. The minimum Gasteiger partial charge on any atom is -0.321 e. The normalized spacial score (nSPS) is 10.3. The maximum atomic E-state index is 10.8. The molecule has 0 atom stereocenters. The summed E-state index contributed by atoms with van der Waals surface area (Å²) in [5.74, 6) is 5.04. The molecule has 0 aliphatic carbocycles. The van der Waals surface area contributed by atoms with Gasteiger partial charge in [0.15, 0.2) is 5.03 Å². The number of nitrogen functional groups attached to an aromatic ring is 1. The Hall–Kier alpha value is -0.890. The number of aromatic nitrogens is 1. The molecule has 1 aromatic rings. The number of nitrogens with zero attached hydrogens (tertiary/aromatic N) is 1. The van der Waals surface area contributed by atoms with Crippen molar-refractivity contribution in [2.75, 3.05) is 5.43 Å². The van der Waals surface area contributed by atoms with E-state index in [9.17, 15) is 8.42 Å². The van der Waals surface area contributed by atoms with Gasteiger partial charge in [0.2, 0.25) is 0 Å². The molecule has 5 N–H and O–H groups in total. The Morgan fingerprint density at radius 1 is 1.46 bits per heavy atom. The molecule has 0 aliphatic rings. The van der Waals surface area contributed by atoms with Crippen LogP contribution in [0.5, 0.6) is 0 Å². The fourth-order valence-electron chi connectivity index (χ4n) is 0.727. The van der Waals surface area contributed by atoms with Crippen molar-refractivity contribution in [2.24, 2.45) is 11.0 Å². The number of hydrogen-bond acceptors (Lipinski definition) is 5. The van der Waals surface area contributed by atoms with Crippen LogP contribution in [-0.4, -0.2) is 13.4 Å². The summed E-state index contributed by atoms with van der Waals surface area (Å²) in [6.45, 7) is 0. The van der Waals surface area contributed by atoms with E-state index in [0.717, 1.165) is 0 Å². The van der Waals surface area contributed by atoms with Crippen LogP contribution in [-0.2, 0) is 10.0 Å². The van der Waals surface area contributed by atoms with Crippen LogP contribution in [0.1, 0.15) is 0 Å². The SMILES string of the molecule is Cl.NNc1cccnc1S(N)(=O)=O. The molecule has 0 radical (unpaired) electrons. The molecule has 0 amide bonds. The van der Waals surface area contributed by atoms with Gasteiger partial charge in [-0.3, -0.25) is 5.84 Å². The Balaban J connectivity index is 0.00000144. The quantitative estimate of drug-likeness (QED) is 0.461. The summed E-state index contributed by atoms with van der Waals surface area (Å²) >= 11 is 0. The minimum atomic E-state index is -3.80. The Morgan fingerprint density at radius 3 is 2.46 bits per heavy atom. The van der Waals surface area contributed by atoms with Crippen molar-refractivity contribution in [1.29, 1.82) is 0 Å². The lowest BCUT2D eigenvalue weighted by atomic mass is 10.4. The van der Waals surface area contributed by atoms with E-state index in [1.807, 2.05) is 0 Å². The van der Waals surface area contributed by atoms with Gasteiger partial charge in [0, 0.05) is 6.20 Å². The number of hydrazine groups is 1. The molecule has 0 aromatic carbocycles. The predicted molar refractivity (Wildman–Crippen MR) is 50.7 cm³/mol. The highest BCUT2D eigenvalue weighted by Crippen LogP contribution is 2.13. The summed E-state index contributed by atoms with van der Waals surface area (Å²) in [5.41, 5.74) is 2.36. The van der Waals surface area contributed by atoms with Gasteiger partial charge in [0.05, 0.1) is 5.69 Å². The lowest BCUT2D eigenvalue weighted by molar-refractivity contribution is 0.594. The van der Waals surface area contributed by atoms with Crippen LogP contribution in [0.3, 0.4) is 0 Å². The van der Waals surface area contributed by atoms with Crippen molar-refractivity contribution in [3.63, 3.8) is 0 Å². The second-order valence-corrected chi connectivity index (χ2v) is 3.52. The summed E-state index contributed by atoms with van der Waals surface area (Å²) < 4.78 is 21.7. The maximum Gasteiger partial charge on any atom is 0.257 e. The van der Waals surface area contributed by atoms with Crippen LogP contribution in [0.15, 0.2) is 23.4 Å². The van der Waals surface area contributed by atoms with E-state index in [1.54, 1.807) is 6.07 Å². The molecule has 0 unspecified atom stereocenters. The Kier molecular flexibility index (Phi) is 4.08. The molecule has 1 aromatic heterocycles. The monoisotopic (exact) mass is 224 g/mol. The van der Waals surface area contributed by atoms with Gasteiger partial charge in [-0.15, -0.1) is 12.4 Å². The summed E-state index contributed by atoms with van der Waals surface area (Å²) in [6.07, 6.45) is 1.32. The topological polar surface area (TPSA) is 111 Å². The molecule has 0 spiro atoms. The predicted octanol–water partition coefficient (Wildman–Crippen LogP) is -0.564. The average molecular weight is 225 g/mol. The molecule has 6 nitrogen and oxygen atoms in total. The Labute approximate surface area is 81.8 Å². The highest BCUT2D eigenvalue weighted by Gasteiger charge is 2.13. The number of rotatable bonds is 2. The Bertz CT molecular complexity index is 380. The van der Waals surface area contributed by atoms with Crippen molar-refractivity contribution >= 4 is 28.1 Å². The van der Waals surface area contributed by atoms with Crippen molar-refractivity contribution in [2.45, 2.75) is 5.03 Å². The minimum absolute atomic E-state index is 0. The molecule has 0 saturated heterocycles. The molecule has 0 aliphatic heterocycles. The second kappa shape index (κ2) is 4.38. The number of nitrogens with two attached hydrogens (primary N) is 2. The molecule has 0 fully saturated rings. The van der Waals surface area contributed by atoms with E-state index in [4.69, 9.17) is 11.0 Å². The van der Waals surface area contributed by atoms with Gasteiger partial charge in [0.25, 0.3) is 10.0 Å². The number of halogens is 1. The summed E-state index contributed by atoms with van der Waals surface area (Å²) in [7, 11) is -3.80. The molecular weight excluding hydrogens is 216 g/mol. The standard InChI is InChI=1S/C5H8N4O2S.ClH/c6-9-4-2-1-3-8-5(4)12(7,10)11;/h1-3,9H,6H2,(H2,7,10,11);1H. The number of anilines is 1. The molecule has 74 valence electrons. The summed E-state index contributed by atoms with van der Waals surface area (Å²) in [4.78, 5) is 3.57. The van der Waals surface area contributed by atoms with E-state index >= 15 is 0 Å². The fraction of sp³-hybridized carbons (Fsp3) is 0. The molecule has 0 bridgehead atoms. The molecule has 8 heteroatoms. The third-order valence-corrected chi connectivity index (χ3v) is 2.06. The fourth-order valence-corrected chi connectivity index (χ4v) is 1.37. The van der Waals surface area contributed by atoms with Crippen molar-refractivity contribution < 1.29 is 8.42 Å². The number of hydrogen-bond donors (Lipinski definition) is 3. The number of pyridine rings is 1. The van der Waals surface area contributed by atoms with E-state index in [0.29, 0.717) is 0 Å². The van der Waals surface area contributed by atoms with Crippen LogP contribution >= 0.6 is 12.4 Å². The van der Waals surface area contributed by atoms with E-state index in [2.05, 4.69) is 10.4 Å². The molecule has 1 rings (SSSR count). The van der Waals surface area contributed by atoms with Gasteiger partial charge in [-0.2, -0.15) is 0 Å². The van der Waals surface area contributed by atoms with Crippen molar-refractivity contribution in [3.8, 4) is 0 Å². The van der Waals surface area contributed by atoms with Crippen LogP contribution in [0.2, 0.25) is 0 Å². The van der Waals surface area contributed by atoms with Crippen LogP contribution in [0, 0.1) is 0 Å². The number of sulfonamides is 1. The average Bonchev–Trinajstić information content (AvgIpc) is 2.03. The zero-order valence-electron chi connectivity index (χ0n) is 6.47. The zero-order valence-corrected chi connectivity index (χ0v) is 8.10. The molecule has 1 heterocycles. The Morgan fingerprint density at radius 2 is 2.08 bits per heavy atom. The second-order valence-electron chi connectivity index (χ2n) is 2.05. The smallest absolute Gasteiger partial charge is 0.257 e. The molecule has 13 heavy (non-hydrogen) atoms. The highest BCUT2D eigenvalue weighted by atomic mass is 35.5. The maximum absolute atomic E-state index is 10.8. The largest absolute Gasteiger partial charge is 0.321 e. The van der Waals surface area contributed by atoms with Crippen molar-refractivity contribution in [1.82, 2.24) is 4.98 Å². The van der Waals surface area contributed by atoms with E-state index < -0.39 is 10.0 Å². The third kappa shape index (κ3) is 2.81. The lowest BCUT2D eigenvalue weighted by Crippen LogP contribution is -2.18. The van der Waals surface area contributed by atoms with Crippen molar-refractivity contribution in [3.05, 3.63) is 18.3 Å². The van der Waals surface area contributed by atoms with Crippen LogP contribution in [0.25, 0.3) is 0 Å². The highest BCUT2D eigenvalue weighted by molar-refractivity contribution is 7.89. The number of nitrogens with one attached hydrogen (secondary N) is 1. The number of primary sulfonamides is 1. The van der Waals surface area contributed by atoms with Gasteiger partial charge in [-0.05, 0) is 12.1 Å². The first-order valence-corrected chi connectivity index (χ1v) is 4.55. The van der Waals surface area contributed by atoms with E-state index in [-0.39, 0.29) is 23.1 Å². The molecule has 0 saturated carbocycles. The van der Waals surface area contributed by atoms with E-state index in [1.165, 1.54) is 12.3 Å².